The second-order valence-corrected chi connectivity index (χ2v) is 18.0. The van der Waals surface area contributed by atoms with E-state index < -0.39 is 24.7 Å². The molecule has 1 unspecified atom stereocenters. The van der Waals surface area contributed by atoms with Crippen molar-refractivity contribution in [1.82, 2.24) is 24.1 Å². The van der Waals surface area contributed by atoms with Crippen LogP contribution in [0, 0.1) is 0 Å². The molecule has 3 aromatic carbocycles. The van der Waals surface area contributed by atoms with Crippen molar-refractivity contribution < 1.29 is 16.8 Å². The minimum absolute atomic E-state index is 0.124. The zero-order valence-corrected chi connectivity index (χ0v) is 30.4. The van der Waals surface area contributed by atoms with Gasteiger partial charge in [-0.1, -0.05) is 36.4 Å². The third-order valence-corrected chi connectivity index (χ3v) is 13.1. The highest BCUT2D eigenvalue weighted by Gasteiger charge is 2.37. The summed E-state index contributed by atoms with van der Waals surface area (Å²) >= 11 is 0. The maximum Gasteiger partial charge on any atom is 0.218 e. The van der Waals surface area contributed by atoms with E-state index in [1.165, 1.54) is 11.2 Å². The summed E-state index contributed by atoms with van der Waals surface area (Å²) < 4.78 is 55.4. The highest BCUT2D eigenvalue weighted by Crippen LogP contribution is 2.30. The van der Waals surface area contributed by atoms with Gasteiger partial charge >= 0.3 is 0 Å². The van der Waals surface area contributed by atoms with Crippen molar-refractivity contribution in [3.8, 4) is 0 Å². The molecule has 5 aromatic rings. The van der Waals surface area contributed by atoms with E-state index in [4.69, 9.17) is 5.73 Å². The Hall–Kier alpha value is -3.52. The molecule has 0 saturated heterocycles. The number of sulfonamides is 1. The first-order valence-electron chi connectivity index (χ1n) is 16.1. The summed E-state index contributed by atoms with van der Waals surface area (Å²) in [6, 6.07) is 18.2. The predicted molar refractivity (Wildman–Crippen MR) is 196 cm³/mol. The number of benzene rings is 3. The number of sulfone groups is 1. The SMILES string of the molecule is CN(C)CCc1c[nH]c2ccc(CS(=O)(=O)N(C)Cc3ccc(C(C)(N)S(=O)(=O)Cc4ccc5[nH]cc(CCN(C)C)c5c4)cc3)cc12. The van der Waals surface area contributed by atoms with Gasteiger partial charge in [0, 0.05) is 60.9 Å². The standard InChI is InChI=1S/C36H48N6O4S2/c1-36(37,47(43,44)24-27-9-13-34-32(19-27)29(21-38-34)15-17-40(2)3)31-11-7-26(8-12-31)23-42(6)48(45,46)25-28-10-14-35-33(20-28)30(22-39-35)16-18-41(4)5/h7-14,19-22,38-39H,15-18,23-25,37H2,1-6H3. The van der Waals surface area contributed by atoms with Crippen LogP contribution in [0.25, 0.3) is 21.8 Å². The smallest absolute Gasteiger partial charge is 0.218 e. The van der Waals surface area contributed by atoms with Crippen molar-refractivity contribution in [2.75, 3.05) is 48.3 Å². The van der Waals surface area contributed by atoms with Crippen LogP contribution in [0.1, 0.15) is 40.3 Å². The number of aromatic nitrogens is 2. The average molecular weight is 693 g/mol. The normalized spacial score (nSPS) is 14.1. The Balaban J connectivity index is 1.26. The molecule has 0 amide bonds. The lowest BCUT2D eigenvalue weighted by Gasteiger charge is -2.26. The molecule has 0 aliphatic heterocycles. The summed E-state index contributed by atoms with van der Waals surface area (Å²) in [6.45, 7) is 3.44. The Bertz CT molecular complexity index is 2100. The van der Waals surface area contributed by atoms with Gasteiger partial charge in [-0.25, -0.2) is 21.1 Å². The topological polar surface area (TPSA) is 136 Å². The number of hydrogen-bond donors (Lipinski definition) is 3. The Morgan fingerprint density at radius 1 is 0.667 bits per heavy atom. The Morgan fingerprint density at radius 2 is 1.12 bits per heavy atom. The molecule has 0 bridgehead atoms. The van der Waals surface area contributed by atoms with Gasteiger partial charge in [0.05, 0.1) is 11.5 Å². The Labute approximate surface area is 284 Å². The van der Waals surface area contributed by atoms with Gasteiger partial charge in [-0.05, 0) is 106 Å². The quantitative estimate of drug-likeness (QED) is 0.146. The molecule has 0 radical (unpaired) electrons. The molecular formula is C36H48N6O4S2. The minimum atomic E-state index is -3.82. The van der Waals surface area contributed by atoms with Crippen molar-refractivity contribution in [2.24, 2.45) is 5.73 Å². The maximum absolute atomic E-state index is 13.7. The molecule has 258 valence electrons. The van der Waals surface area contributed by atoms with Gasteiger partial charge in [0.15, 0.2) is 9.84 Å². The second-order valence-electron chi connectivity index (χ2n) is 13.6. The first-order valence-corrected chi connectivity index (χ1v) is 19.3. The molecule has 1 atom stereocenters. The highest BCUT2D eigenvalue weighted by molar-refractivity contribution is 7.91. The van der Waals surface area contributed by atoms with E-state index in [2.05, 4.69) is 19.8 Å². The van der Waals surface area contributed by atoms with Crippen LogP contribution in [0.3, 0.4) is 0 Å². The fourth-order valence-electron chi connectivity index (χ4n) is 5.90. The van der Waals surface area contributed by atoms with E-state index >= 15 is 0 Å². The summed E-state index contributed by atoms with van der Waals surface area (Å²) in [5.74, 6) is -0.330. The van der Waals surface area contributed by atoms with Crippen LogP contribution in [-0.4, -0.2) is 89.2 Å². The number of rotatable bonds is 15. The van der Waals surface area contributed by atoms with Gasteiger partial charge in [0.1, 0.15) is 4.87 Å². The number of fused-ring (bicyclic) bond motifs is 2. The van der Waals surface area contributed by atoms with Gasteiger partial charge in [-0.15, -0.1) is 0 Å². The fourth-order valence-corrected chi connectivity index (χ4v) is 8.48. The third kappa shape index (κ3) is 8.02. The number of aromatic amines is 2. The lowest BCUT2D eigenvalue weighted by Crippen LogP contribution is -2.42. The van der Waals surface area contributed by atoms with Crippen molar-refractivity contribution in [3.63, 3.8) is 0 Å². The van der Waals surface area contributed by atoms with E-state index in [1.54, 1.807) is 31.3 Å². The van der Waals surface area contributed by atoms with Gasteiger partial charge in [-0.2, -0.15) is 0 Å². The maximum atomic E-state index is 13.7. The molecule has 0 aliphatic carbocycles. The molecule has 2 heterocycles. The van der Waals surface area contributed by atoms with Crippen molar-refractivity contribution >= 4 is 41.7 Å². The van der Waals surface area contributed by atoms with E-state index in [-0.39, 0.29) is 18.1 Å². The molecule has 12 heteroatoms. The molecule has 10 nitrogen and oxygen atoms in total. The van der Waals surface area contributed by atoms with Crippen LogP contribution >= 0.6 is 0 Å². The van der Waals surface area contributed by atoms with Crippen LogP contribution in [-0.2, 0) is 55.6 Å². The minimum Gasteiger partial charge on any atom is -0.361 e. The molecule has 0 fully saturated rings. The number of hydrogen-bond acceptors (Lipinski definition) is 7. The molecule has 4 N–H and O–H groups in total. The molecule has 48 heavy (non-hydrogen) atoms. The zero-order valence-electron chi connectivity index (χ0n) is 28.7. The van der Waals surface area contributed by atoms with Crippen molar-refractivity contribution in [3.05, 3.63) is 106 Å². The van der Waals surface area contributed by atoms with E-state index in [9.17, 15) is 16.8 Å². The lowest BCUT2D eigenvalue weighted by atomic mass is 10.1. The number of nitrogens with two attached hydrogens (primary N) is 1. The zero-order chi connectivity index (χ0) is 34.9. The highest BCUT2D eigenvalue weighted by atomic mass is 32.2. The van der Waals surface area contributed by atoms with Crippen LogP contribution < -0.4 is 5.73 Å². The number of likely N-dealkylation sites (N-methyl/N-ethyl adjacent to an activating group) is 2. The van der Waals surface area contributed by atoms with Crippen molar-refractivity contribution in [2.45, 2.75) is 42.7 Å². The fraction of sp³-hybridized carbons (Fsp3) is 0.389. The summed E-state index contributed by atoms with van der Waals surface area (Å²) in [4.78, 5) is 9.15. The largest absolute Gasteiger partial charge is 0.361 e. The summed E-state index contributed by atoms with van der Waals surface area (Å²) in [7, 11) is 2.21. The predicted octanol–water partition coefficient (Wildman–Crippen LogP) is 4.57. The van der Waals surface area contributed by atoms with Crippen LogP contribution in [0.4, 0.5) is 0 Å². The first-order chi connectivity index (χ1) is 22.6. The number of nitrogens with zero attached hydrogens (tertiary/aromatic N) is 3. The van der Waals surface area contributed by atoms with Crippen molar-refractivity contribution in [1.29, 1.82) is 0 Å². The van der Waals surface area contributed by atoms with Gasteiger partial charge in [0.25, 0.3) is 0 Å². The van der Waals surface area contributed by atoms with E-state index in [0.717, 1.165) is 70.0 Å². The van der Waals surface area contributed by atoms with Gasteiger partial charge in [0.2, 0.25) is 10.0 Å². The molecule has 0 aliphatic rings. The third-order valence-electron chi connectivity index (χ3n) is 9.08. The monoisotopic (exact) mass is 692 g/mol. The molecule has 0 saturated carbocycles. The Morgan fingerprint density at radius 3 is 1.60 bits per heavy atom. The summed E-state index contributed by atoms with van der Waals surface area (Å²) in [5.41, 5.74) is 13.4. The van der Waals surface area contributed by atoms with Gasteiger partial charge < -0.3 is 25.5 Å². The molecule has 5 rings (SSSR count). The number of H-pyrrole nitrogens is 2. The van der Waals surface area contributed by atoms with E-state index in [1.807, 2.05) is 77.0 Å². The second kappa shape index (κ2) is 14.1. The summed E-state index contributed by atoms with van der Waals surface area (Å²) in [6.07, 6.45) is 5.69. The number of nitrogens with one attached hydrogen (secondary N) is 2. The molecule has 2 aromatic heterocycles. The molecule has 0 spiro atoms. The summed E-state index contributed by atoms with van der Waals surface area (Å²) in [5, 5.41) is 2.05. The lowest BCUT2D eigenvalue weighted by molar-refractivity contribution is 0.414. The van der Waals surface area contributed by atoms with E-state index in [0.29, 0.717) is 11.1 Å². The first kappa shape index (κ1) is 35.8. The van der Waals surface area contributed by atoms with Gasteiger partial charge in [-0.3, -0.25) is 0 Å². The average Bonchev–Trinajstić information content (AvgIpc) is 3.61. The molecular weight excluding hydrogens is 645 g/mol. The van der Waals surface area contributed by atoms with Crippen LogP contribution in [0.2, 0.25) is 0 Å². The van der Waals surface area contributed by atoms with Crippen LogP contribution in [0.15, 0.2) is 73.1 Å². The Kier molecular flexibility index (Phi) is 10.5. The van der Waals surface area contributed by atoms with Crippen LogP contribution in [0.5, 0.6) is 0 Å².